The lowest BCUT2D eigenvalue weighted by Gasteiger charge is -2.05. The zero-order chi connectivity index (χ0) is 13.1. The molecule has 0 unspecified atom stereocenters. The fourth-order valence-electron chi connectivity index (χ4n) is 1.90. The summed E-state index contributed by atoms with van der Waals surface area (Å²) in [7, 11) is 1.78. The van der Waals surface area contributed by atoms with Gasteiger partial charge in [-0.25, -0.2) is 0 Å². The van der Waals surface area contributed by atoms with Crippen LogP contribution in [-0.2, 0) is 18.3 Å². The summed E-state index contributed by atoms with van der Waals surface area (Å²) in [5, 5.41) is 22.4. The summed E-state index contributed by atoms with van der Waals surface area (Å²) in [5.41, 5.74) is 2.54. The van der Waals surface area contributed by atoms with Crippen molar-refractivity contribution >= 4 is 5.97 Å². The quantitative estimate of drug-likeness (QED) is 0.862. The second kappa shape index (κ2) is 4.91. The van der Waals surface area contributed by atoms with E-state index in [-0.39, 0.29) is 12.2 Å². The van der Waals surface area contributed by atoms with Crippen LogP contribution < -0.4 is 0 Å². The number of aromatic nitrogens is 2. The van der Waals surface area contributed by atoms with Crippen LogP contribution in [0.2, 0.25) is 0 Å². The molecule has 0 aliphatic rings. The average Bonchev–Trinajstić information content (AvgIpc) is 2.68. The van der Waals surface area contributed by atoms with Gasteiger partial charge in [0.05, 0.1) is 12.6 Å². The molecule has 0 aliphatic heterocycles. The predicted molar refractivity (Wildman–Crippen MR) is 66.3 cm³/mol. The topological polar surface area (TPSA) is 75.3 Å². The summed E-state index contributed by atoms with van der Waals surface area (Å²) in [6, 6.07) is 6.84. The van der Waals surface area contributed by atoms with E-state index in [2.05, 4.69) is 5.10 Å². The second-order valence-corrected chi connectivity index (χ2v) is 4.07. The van der Waals surface area contributed by atoms with E-state index in [0.29, 0.717) is 6.42 Å². The lowest BCUT2D eigenvalue weighted by Crippen LogP contribution is -2.04. The van der Waals surface area contributed by atoms with E-state index in [0.717, 1.165) is 16.8 Å². The Morgan fingerprint density at radius 3 is 2.89 bits per heavy atom. The minimum atomic E-state index is -0.835. The molecule has 2 aromatic rings. The van der Waals surface area contributed by atoms with Crippen molar-refractivity contribution < 1.29 is 15.0 Å². The third-order valence-corrected chi connectivity index (χ3v) is 2.79. The highest BCUT2D eigenvalue weighted by molar-refractivity contribution is 5.70. The highest BCUT2D eigenvalue weighted by atomic mass is 16.4. The lowest BCUT2D eigenvalue weighted by molar-refractivity contribution is -0.136. The maximum Gasteiger partial charge on any atom is 0.303 e. The predicted octanol–water partition coefficient (Wildman–Crippen LogP) is 1.81. The van der Waals surface area contributed by atoms with Gasteiger partial charge in [-0.05, 0) is 17.7 Å². The lowest BCUT2D eigenvalue weighted by atomic mass is 10.0. The number of phenolic OH excluding ortho intramolecular Hbond substituents is 1. The molecule has 5 nitrogen and oxygen atoms in total. The van der Waals surface area contributed by atoms with Crippen LogP contribution in [0, 0.1) is 0 Å². The molecule has 18 heavy (non-hydrogen) atoms. The molecule has 0 spiro atoms. The Labute approximate surface area is 104 Å². The SMILES string of the molecule is Cn1ncc(-c2cccc(O)c2)c1CCC(=O)O. The zero-order valence-corrected chi connectivity index (χ0v) is 10.00. The number of hydrogen-bond acceptors (Lipinski definition) is 3. The van der Waals surface area contributed by atoms with E-state index >= 15 is 0 Å². The molecule has 1 heterocycles. The first-order chi connectivity index (χ1) is 8.58. The minimum absolute atomic E-state index is 0.0609. The number of carbonyl (C=O) groups is 1. The Morgan fingerprint density at radius 2 is 2.22 bits per heavy atom. The summed E-state index contributed by atoms with van der Waals surface area (Å²) < 4.78 is 1.67. The Morgan fingerprint density at radius 1 is 1.44 bits per heavy atom. The summed E-state index contributed by atoms with van der Waals surface area (Å²) in [6.07, 6.45) is 2.16. The molecule has 1 aromatic carbocycles. The number of aryl methyl sites for hydroxylation is 1. The molecule has 0 aliphatic carbocycles. The van der Waals surface area contributed by atoms with Gasteiger partial charge in [0.2, 0.25) is 0 Å². The van der Waals surface area contributed by atoms with Gasteiger partial charge in [0.1, 0.15) is 5.75 Å². The normalized spacial score (nSPS) is 10.5. The Bertz CT molecular complexity index is 575. The van der Waals surface area contributed by atoms with E-state index in [1.807, 2.05) is 6.07 Å². The fourth-order valence-corrected chi connectivity index (χ4v) is 1.90. The van der Waals surface area contributed by atoms with Crippen LogP contribution in [0.4, 0.5) is 0 Å². The highest BCUT2D eigenvalue weighted by Gasteiger charge is 2.12. The van der Waals surface area contributed by atoms with E-state index < -0.39 is 5.97 Å². The fraction of sp³-hybridized carbons (Fsp3) is 0.231. The van der Waals surface area contributed by atoms with E-state index in [1.54, 1.807) is 36.1 Å². The standard InChI is InChI=1S/C13H14N2O3/c1-15-12(5-6-13(17)18)11(8-14-15)9-3-2-4-10(16)7-9/h2-4,7-8,16H,5-6H2,1H3,(H,17,18). The molecular formula is C13H14N2O3. The van der Waals surface area contributed by atoms with Crippen molar-refractivity contribution in [1.29, 1.82) is 0 Å². The van der Waals surface area contributed by atoms with Gasteiger partial charge in [-0.3, -0.25) is 9.48 Å². The molecule has 0 bridgehead atoms. The Hall–Kier alpha value is -2.30. The van der Waals surface area contributed by atoms with E-state index in [4.69, 9.17) is 5.11 Å². The van der Waals surface area contributed by atoms with Gasteiger partial charge in [-0.2, -0.15) is 5.10 Å². The Balaban J connectivity index is 2.36. The average molecular weight is 246 g/mol. The van der Waals surface area contributed by atoms with Gasteiger partial charge in [0.25, 0.3) is 0 Å². The van der Waals surface area contributed by atoms with Crippen LogP contribution in [0.5, 0.6) is 5.75 Å². The van der Waals surface area contributed by atoms with E-state index in [1.165, 1.54) is 0 Å². The first-order valence-electron chi connectivity index (χ1n) is 5.60. The Kier molecular flexibility index (Phi) is 3.32. The van der Waals surface area contributed by atoms with Crippen molar-refractivity contribution in [3.63, 3.8) is 0 Å². The van der Waals surface area contributed by atoms with Gasteiger partial charge in [-0.15, -0.1) is 0 Å². The molecule has 0 atom stereocenters. The van der Waals surface area contributed by atoms with Crippen LogP contribution in [0.15, 0.2) is 30.5 Å². The van der Waals surface area contributed by atoms with E-state index in [9.17, 15) is 9.90 Å². The van der Waals surface area contributed by atoms with Gasteiger partial charge < -0.3 is 10.2 Å². The maximum absolute atomic E-state index is 10.6. The first-order valence-corrected chi connectivity index (χ1v) is 5.60. The molecule has 5 heteroatoms. The number of nitrogens with zero attached hydrogens (tertiary/aromatic N) is 2. The number of benzene rings is 1. The number of aliphatic carboxylic acids is 1. The second-order valence-electron chi connectivity index (χ2n) is 4.07. The van der Waals surface area contributed by atoms with Crippen molar-refractivity contribution in [2.24, 2.45) is 7.05 Å². The molecular weight excluding hydrogens is 232 g/mol. The van der Waals surface area contributed by atoms with Gasteiger partial charge >= 0.3 is 5.97 Å². The van der Waals surface area contributed by atoms with Gasteiger partial charge in [0.15, 0.2) is 0 Å². The van der Waals surface area contributed by atoms with Crippen molar-refractivity contribution in [2.75, 3.05) is 0 Å². The monoisotopic (exact) mass is 246 g/mol. The molecule has 2 N–H and O–H groups in total. The largest absolute Gasteiger partial charge is 0.508 e. The number of rotatable bonds is 4. The molecule has 0 amide bonds. The summed E-state index contributed by atoms with van der Waals surface area (Å²) in [6.45, 7) is 0. The third-order valence-electron chi connectivity index (χ3n) is 2.79. The molecule has 2 rings (SSSR count). The molecule has 0 fully saturated rings. The van der Waals surface area contributed by atoms with Crippen LogP contribution in [0.25, 0.3) is 11.1 Å². The van der Waals surface area contributed by atoms with Crippen molar-refractivity contribution in [1.82, 2.24) is 9.78 Å². The van der Waals surface area contributed by atoms with Crippen molar-refractivity contribution in [2.45, 2.75) is 12.8 Å². The first kappa shape index (κ1) is 12.2. The van der Waals surface area contributed by atoms with Crippen LogP contribution in [0.1, 0.15) is 12.1 Å². The molecule has 0 saturated carbocycles. The summed E-state index contributed by atoms with van der Waals surface area (Å²) >= 11 is 0. The molecule has 0 saturated heterocycles. The van der Waals surface area contributed by atoms with Crippen molar-refractivity contribution in [3.05, 3.63) is 36.2 Å². The molecule has 1 aromatic heterocycles. The van der Waals surface area contributed by atoms with Crippen LogP contribution >= 0.6 is 0 Å². The molecule has 94 valence electrons. The van der Waals surface area contributed by atoms with Crippen LogP contribution in [-0.4, -0.2) is 26.0 Å². The van der Waals surface area contributed by atoms with Crippen molar-refractivity contribution in [3.8, 4) is 16.9 Å². The number of hydrogen-bond donors (Lipinski definition) is 2. The highest BCUT2D eigenvalue weighted by Crippen LogP contribution is 2.26. The summed E-state index contributed by atoms with van der Waals surface area (Å²) in [4.78, 5) is 10.6. The van der Waals surface area contributed by atoms with Gasteiger partial charge in [-0.1, -0.05) is 12.1 Å². The number of carboxylic acid groups (broad SMARTS) is 1. The van der Waals surface area contributed by atoms with Crippen LogP contribution in [0.3, 0.4) is 0 Å². The maximum atomic E-state index is 10.6. The zero-order valence-electron chi connectivity index (χ0n) is 10.00. The van der Waals surface area contributed by atoms with Gasteiger partial charge in [0, 0.05) is 24.7 Å². The molecule has 0 radical (unpaired) electrons. The number of aromatic hydroxyl groups is 1. The number of carboxylic acids is 1. The number of phenols is 1. The minimum Gasteiger partial charge on any atom is -0.508 e. The third kappa shape index (κ3) is 2.51. The smallest absolute Gasteiger partial charge is 0.303 e. The summed E-state index contributed by atoms with van der Waals surface area (Å²) in [5.74, 6) is -0.654.